The molecule has 0 amide bonds. The molecule has 0 spiro atoms. The van der Waals surface area contributed by atoms with Crippen molar-refractivity contribution in [1.29, 1.82) is 0 Å². The molecule has 3 atom stereocenters. The van der Waals surface area contributed by atoms with Gasteiger partial charge in [-0.3, -0.25) is 24.0 Å². The predicted octanol–water partition coefficient (Wildman–Crippen LogP) is 18.3. The molecule has 121 heavy (non-hydrogen) atoms. The topological polar surface area (TPSA) is 310 Å². The van der Waals surface area contributed by atoms with Gasteiger partial charge in [0, 0.05) is 78.4 Å². The number of nitrogens with one attached hydrogen (secondary N) is 3. The summed E-state index contributed by atoms with van der Waals surface area (Å²) >= 11 is 19.3. The van der Waals surface area contributed by atoms with Gasteiger partial charge in [-0.1, -0.05) is 189 Å². The number of pyridine rings is 4. The number of hydrogen-bond acceptors (Lipinski definition) is 21. The number of imidazole rings is 3. The van der Waals surface area contributed by atoms with Gasteiger partial charge in [0.05, 0.1) is 99.8 Å². The fraction of sp³-hybridized carbons (Fsp3) is 0.411. The summed E-state index contributed by atoms with van der Waals surface area (Å²) in [5.41, 5.74) is 13.2. The van der Waals surface area contributed by atoms with Crippen LogP contribution in [0.1, 0.15) is 134 Å². The van der Waals surface area contributed by atoms with E-state index in [1.807, 2.05) is 78.9 Å². The fourth-order valence-corrected chi connectivity index (χ4v) is 19.1. The van der Waals surface area contributed by atoms with Crippen LogP contribution in [0.2, 0.25) is 15.1 Å². The smallest absolute Gasteiger partial charge is 0.386 e. The number of rotatable bonds is 18. The van der Waals surface area contributed by atoms with Gasteiger partial charge in [0.15, 0.2) is 0 Å². The lowest BCUT2D eigenvalue weighted by Crippen LogP contribution is -2.41. The van der Waals surface area contributed by atoms with E-state index in [1.54, 1.807) is 18.5 Å². The molecular weight excluding hydrogens is 1600 g/mol. The quantitative estimate of drug-likeness (QED) is 0.0718. The lowest BCUT2D eigenvalue weighted by atomic mass is 9.83. The second-order valence-corrected chi connectivity index (χ2v) is 34.7. The van der Waals surface area contributed by atoms with Crippen molar-refractivity contribution in [3.05, 3.63) is 204 Å². The molecule has 3 saturated carbocycles. The summed E-state index contributed by atoms with van der Waals surface area (Å²) in [5.74, 6) is 5.05. The third kappa shape index (κ3) is 17.6. The molecule has 6 aliphatic rings. The Morgan fingerprint density at radius 1 is 0.446 bits per heavy atom. The zero-order valence-corrected chi connectivity index (χ0v) is 69.9. The van der Waals surface area contributed by atoms with Crippen LogP contribution in [0, 0.1) is 35.5 Å². The Hall–Kier alpha value is -11.2. The number of H-pyrrole nitrogens is 3. The molecule has 0 unspecified atom stereocenters. The van der Waals surface area contributed by atoms with E-state index >= 15 is 0 Å². The first-order valence-electron chi connectivity index (χ1n) is 42.2. The standard InChI is InChI=1S/2C32H33ClN6O3.C26H29ClFN7O2/c1-20-10-12-21(13-11-20)18-39-29-25(35-31(39)38-14-15-41-19-27(38)22-6-3-2-4-7-22)17-26(30-36-37-32(40)42-30)34-28(29)23-8-5-9-24(33)16-23;1-20-10-12-21(13-11-20)18-39-29-25(35-31(39)38-14-15-41-19-27(38)22-6-3-2-4-7-22)17-26(30-36-32(40)42-37-30)34-28(29)23-8-5-9-24(33)16-23;1-15-4-6-16(7-5-15)14-35-23-20(31-25(35)34-8-2-3-19(34)11-28)10-21(24-32-26(36)37-33-24)30-22(23)17-9-18(27)13-29-12-17/h2-9,16-17,20-21,27H,10-15,18-19H2,1H3,(H,37,40);2-9,16-17,20-21,27H,10-15,18-19H2,1H3,(H,36,37,40);9-10,12-13,15-16,19H,2-8,11,14H2,1H3,(H,32,33,36)/t2*20?,21?,27-;15?,16?,19-/m000/s1. The van der Waals surface area contributed by atoms with Crippen LogP contribution in [0.3, 0.4) is 0 Å². The Balaban J connectivity index is 0.000000125. The molecule has 14 aromatic rings. The number of nitrogens with zero attached hydrogens (tertiary/aromatic N) is 16. The molecule has 13 heterocycles. The van der Waals surface area contributed by atoms with Crippen LogP contribution in [0.4, 0.5) is 22.2 Å². The highest BCUT2D eigenvalue weighted by Crippen LogP contribution is 2.45. The van der Waals surface area contributed by atoms with Crippen molar-refractivity contribution in [2.45, 2.75) is 148 Å². The Morgan fingerprint density at radius 2 is 0.876 bits per heavy atom. The molecule has 3 aliphatic carbocycles. The molecule has 4 aromatic carbocycles. The summed E-state index contributed by atoms with van der Waals surface area (Å²) in [6.45, 7) is 13.6. The normalized spacial score (nSPS) is 21.5. The van der Waals surface area contributed by atoms with Crippen molar-refractivity contribution in [2.24, 2.45) is 35.5 Å². The van der Waals surface area contributed by atoms with Crippen molar-refractivity contribution in [3.63, 3.8) is 0 Å². The third-order valence-electron chi connectivity index (χ3n) is 25.0. The van der Waals surface area contributed by atoms with E-state index in [0.29, 0.717) is 101 Å². The van der Waals surface area contributed by atoms with Gasteiger partial charge >= 0.3 is 17.3 Å². The van der Waals surface area contributed by atoms with Crippen molar-refractivity contribution in [3.8, 4) is 68.4 Å². The van der Waals surface area contributed by atoms with Crippen molar-refractivity contribution in [2.75, 3.05) is 67.4 Å². The van der Waals surface area contributed by atoms with E-state index in [0.717, 1.165) is 143 Å². The first kappa shape index (κ1) is 80.9. The number of aromatic amines is 3. The van der Waals surface area contributed by atoms with Crippen LogP contribution >= 0.6 is 34.8 Å². The van der Waals surface area contributed by atoms with Crippen LogP contribution in [-0.2, 0) is 29.1 Å². The Bertz CT molecular complexity index is 5900. The first-order valence-corrected chi connectivity index (χ1v) is 43.4. The fourth-order valence-electron chi connectivity index (χ4n) is 18.6. The molecular formula is C90H95Cl3FN19O8. The molecule has 6 fully saturated rings. The van der Waals surface area contributed by atoms with E-state index < -0.39 is 23.9 Å². The summed E-state index contributed by atoms with van der Waals surface area (Å²) in [4.78, 5) is 82.3. The molecule has 27 nitrogen and oxygen atoms in total. The number of halogens is 4. The second-order valence-electron chi connectivity index (χ2n) is 33.4. The minimum absolute atomic E-state index is 0.0216. The maximum Gasteiger partial charge on any atom is 0.439 e. The van der Waals surface area contributed by atoms with Crippen LogP contribution < -0.4 is 32.0 Å². The zero-order valence-electron chi connectivity index (χ0n) is 67.7. The van der Waals surface area contributed by atoms with Gasteiger partial charge in [-0.05, 0) is 147 Å². The van der Waals surface area contributed by atoms with Gasteiger partial charge in [-0.2, -0.15) is 0 Å². The van der Waals surface area contributed by atoms with Gasteiger partial charge in [0.2, 0.25) is 29.5 Å². The number of benzene rings is 4. The largest absolute Gasteiger partial charge is 0.439 e. The molecule has 3 aliphatic heterocycles. The number of aromatic nitrogens is 16. The van der Waals surface area contributed by atoms with Crippen LogP contribution in [-0.4, -0.2) is 138 Å². The summed E-state index contributed by atoms with van der Waals surface area (Å²) < 4.78 is 47.9. The number of hydrogen-bond donors (Lipinski definition) is 3. The highest BCUT2D eigenvalue weighted by atomic mass is 35.5. The summed E-state index contributed by atoms with van der Waals surface area (Å²) in [7, 11) is 0. The van der Waals surface area contributed by atoms with Gasteiger partial charge in [0.1, 0.15) is 23.8 Å². The van der Waals surface area contributed by atoms with E-state index in [4.69, 9.17) is 87.6 Å². The second kappa shape index (κ2) is 35.9. The number of fused-ring (bicyclic) bond motifs is 3. The van der Waals surface area contributed by atoms with Crippen LogP contribution in [0.25, 0.3) is 101 Å². The molecule has 0 bridgehead atoms. The van der Waals surface area contributed by atoms with E-state index in [-0.39, 0.29) is 35.7 Å². The molecule has 3 N–H and O–H groups in total. The maximum absolute atomic E-state index is 14.0. The third-order valence-corrected chi connectivity index (χ3v) is 25.7. The summed E-state index contributed by atoms with van der Waals surface area (Å²) in [6, 6.07) is 43.5. The van der Waals surface area contributed by atoms with Crippen molar-refractivity contribution < 1.29 is 27.3 Å². The van der Waals surface area contributed by atoms with Gasteiger partial charge in [0.25, 0.3) is 5.89 Å². The van der Waals surface area contributed by atoms with Gasteiger partial charge in [-0.15, -0.1) is 5.10 Å². The monoisotopic (exact) mass is 1690 g/mol. The number of ether oxygens (including phenoxy) is 2. The summed E-state index contributed by atoms with van der Waals surface area (Å²) in [5, 5.41) is 15.9. The average Bonchev–Trinajstić information content (AvgIpc) is 1.60. The van der Waals surface area contributed by atoms with E-state index in [9.17, 15) is 18.8 Å². The summed E-state index contributed by atoms with van der Waals surface area (Å²) in [6.07, 6.45) is 19.4. The zero-order chi connectivity index (χ0) is 82.8. The number of morpholine rings is 2. The first-order chi connectivity index (χ1) is 59.1. The highest BCUT2D eigenvalue weighted by molar-refractivity contribution is 6.31. The molecule has 10 aromatic heterocycles. The maximum atomic E-state index is 14.0. The minimum Gasteiger partial charge on any atom is -0.386 e. The Morgan fingerprint density at radius 3 is 1.29 bits per heavy atom. The number of alkyl halides is 1. The average molecular weight is 1700 g/mol. The van der Waals surface area contributed by atoms with E-state index in [2.05, 4.69) is 133 Å². The predicted molar refractivity (Wildman–Crippen MR) is 464 cm³/mol. The molecule has 626 valence electrons. The number of anilines is 3. The van der Waals surface area contributed by atoms with Crippen molar-refractivity contribution >= 4 is 85.7 Å². The minimum atomic E-state index is -0.663. The van der Waals surface area contributed by atoms with Gasteiger partial charge in [-0.25, -0.2) is 53.8 Å². The van der Waals surface area contributed by atoms with Crippen LogP contribution in [0.15, 0.2) is 174 Å². The SMILES string of the molecule is CC1CCC(Cn2c(N3CCC[C@H]3CF)nc3cc(-c4noc(=O)[nH]4)nc(-c4cncc(Cl)c4)c32)CC1.CC1CCC(Cn2c(N3CCOC[C@H]3c3ccccc3)nc3cc(-c4n[nH]c(=O)o4)nc(-c4cccc(Cl)c4)c32)CC1.CC1CCC(Cn2c(N3CCOC[C@H]3c3ccccc3)nc3cc(-c4noc(=O)[nH]4)nc(-c4cccc(Cl)c4)c32)CC1. The molecule has 31 heteroatoms. The highest BCUT2D eigenvalue weighted by Gasteiger charge is 2.37. The van der Waals surface area contributed by atoms with Crippen LogP contribution in [0.5, 0.6) is 0 Å². The molecule has 3 saturated heterocycles. The lowest BCUT2D eigenvalue weighted by Gasteiger charge is -2.37. The van der Waals surface area contributed by atoms with E-state index in [1.165, 1.54) is 75.3 Å². The Labute approximate surface area is 711 Å². The van der Waals surface area contributed by atoms with Crippen molar-refractivity contribution in [1.82, 2.24) is 79.1 Å². The molecule has 0 radical (unpaired) electrons. The van der Waals surface area contributed by atoms with Gasteiger partial charge < -0.3 is 42.3 Å². The lowest BCUT2D eigenvalue weighted by molar-refractivity contribution is 0.0927. The Kier molecular flexibility index (Phi) is 24.0. The molecule has 20 rings (SSSR count).